The van der Waals surface area contributed by atoms with Gasteiger partial charge >= 0.3 is 0 Å². The van der Waals surface area contributed by atoms with E-state index in [1.165, 1.54) is 17.3 Å². The molecule has 1 aromatic heterocycles. The molecule has 0 radical (unpaired) electrons. The lowest BCUT2D eigenvalue weighted by Gasteiger charge is -2.30. The highest BCUT2D eigenvalue weighted by molar-refractivity contribution is 7.91. The highest BCUT2D eigenvalue weighted by Gasteiger charge is 2.28. The van der Waals surface area contributed by atoms with Crippen LogP contribution in [0.5, 0.6) is 0 Å². The van der Waals surface area contributed by atoms with E-state index < -0.39 is 9.84 Å². The summed E-state index contributed by atoms with van der Waals surface area (Å²) in [6.45, 7) is 1.04. The van der Waals surface area contributed by atoms with E-state index in [-0.39, 0.29) is 17.7 Å². The molecule has 1 aliphatic rings. The first-order chi connectivity index (χ1) is 8.47. The molecule has 0 bridgehead atoms. The third-order valence-electron chi connectivity index (χ3n) is 3.09. The zero-order valence-electron chi connectivity index (χ0n) is 10.1. The molecule has 1 aliphatic heterocycles. The molecule has 0 aliphatic carbocycles. The lowest BCUT2D eigenvalue weighted by molar-refractivity contribution is -0.132. The van der Waals surface area contributed by atoms with Crippen LogP contribution in [-0.2, 0) is 21.2 Å². The number of piperidine rings is 1. The predicted octanol–water partition coefficient (Wildman–Crippen LogP) is -1.29. The Morgan fingerprint density at radius 1 is 1.39 bits per heavy atom. The summed E-state index contributed by atoms with van der Waals surface area (Å²) in [5.74, 6) is -0.0887. The van der Waals surface area contributed by atoms with Gasteiger partial charge in [-0.05, 0) is 23.3 Å². The quantitative estimate of drug-likeness (QED) is 0.679. The Hall–Kier alpha value is -1.51. The van der Waals surface area contributed by atoms with Gasteiger partial charge in [0.05, 0.1) is 5.25 Å². The number of amides is 1. The van der Waals surface area contributed by atoms with E-state index >= 15 is 0 Å². The van der Waals surface area contributed by atoms with Gasteiger partial charge in [-0.15, -0.1) is 5.10 Å². The second-order valence-electron chi connectivity index (χ2n) is 4.42. The molecule has 0 saturated carbocycles. The molecule has 1 fully saturated rings. The van der Waals surface area contributed by atoms with Crippen molar-refractivity contribution in [1.82, 2.24) is 25.1 Å². The Morgan fingerprint density at radius 2 is 2.06 bits per heavy atom. The minimum absolute atomic E-state index is 0.0887. The number of rotatable bonds is 3. The molecule has 2 heterocycles. The lowest BCUT2D eigenvalue weighted by Crippen LogP contribution is -2.43. The first-order valence-corrected chi connectivity index (χ1v) is 7.59. The summed E-state index contributed by atoms with van der Waals surface area (Å²) in [6.07, 6.45) is 3.62. The van der Waals surface area contributed by atoms with E-state index in [2.05, 4.69) is 15.5 Å². The van der Waals surface area contributed by atoms with Crippen molar-refractivity contribution in [2.24, 2.45) is 0 Å². The van der Waals surface area contributed by atoms with E-state index in [4.69, 9.17) is 0 Å². The van der Waals surface area contributed by atoms with Gasteiger partial charge in [0.1, 0.15) is 22.7 Å². The van der Waals surface area contributed by atoms with E-state index in [0.717, 1.165) is 0 Å². The van der Waals surface area contributed by atoms with E-state index in [9.17, 15) is 13.2 Å². The zero-order chi connectivity index (χ0) is 13.2. The molecule has 1 aromatic rings. The first-order valence-electron chi connectivity index (χ1n) is 5.64. The Morgan fingerprint density at radius 3 is 2.56 bits per heavy atom. The highest BCUT2D eigenvalue weighted by atomic mass is 32.2. The van der Waals surface area contributed by atoms with Gasteiger partial charge in [0.15, 0.2) is 0 Å². The predicted molar refractivity (Wildman–Crippen MR) is 62.3 cm³/mol. The molecule has 0 aromatic carbocycles. The smallest absolute Gasteiger partial charge is 0.244 e. The first kappa shape index (κ1) is 12.9. The van der Waals surface area contributed by atoms with E-state index in [1.807, 2.05) is 0 Å². The van der Waals surface area contributed by atoms with Crippen LogP contribution in [0.1, 0.15) is 12.8 Å². The number of carbonyl (C=O) groups excluding carboxylic acids is 1. The Kier molecular flexibility index (Phi) is 3.60. The van der Waals surface area contributed by atoms with Crippen LogP contribution < -0.4 is 0 Å². The Bertz CT molecular complexity index is 504. The van der Waals surface area contributed by atoms with Crippen molar-refractivity contribution in [3.63, 3.8) is 0 Å². The minimum Gasteiger partial charge on any atom is -0.341 e. The van der Waals surface area contributed by atoms with Crippen molar-refractivity contribution in [3.05, 3.63) is 6.33 Å². The van der Waals surface area contributed by atoms with Gasteiger partial charge in [-0.2, -0.15) is 0 Å². The normalized spacial score (nSPS) is 17.9. The standard InChI is InChI=1S/C9H15N5O3S/c1-18(16,17)8-2-4-13(5-3-8)9(15)6-14-7-10-11-12-14/h7-8H,2-6H2,1H3. The SMILES string of the molecule is CS(=O)(=O)C1CCN(C(=O)Cn2cnnn2)CC1. The summed E-state index contributed by atoms with van der Waals surface area (Å²) in [5, 5.41) is 10.2. The monoisotopic (exact) mass is 273 g/mol. The number of hydrogen-bond acceptors (Lipinski definition) is 6. The number of hydrogen-bond donors (Lipinski definition) is 0. The Labute approximate surface area is 105 Å². The summed E-state index contributed by atoms with van der Waals surface area (Å²) in [5.41, 5.74) is 0. The Balaban J connectivity index is 1.88. The summed E-state index contributed by atoms with van der Waals surface area (Å²) in [6, 6.07) is 0. The van der Waals surface area contributed by atoms with Gasteiger partial charge in [-0.3, -0.25) is 4.79 Å². The number of sulfone groups is 1. The largest absolute Gasteiger partial charge is 0.341 e. The molecule has 0 N–H and O–H groups in total. The minimum atomic E-state index is -3.00. The number of nitrogens with zero attached hydrogens (tertiary/aromatic N) is 5. The molecule has 0 atom stereocenters. The van der Waals surface area contributed by atoms with Crippen molar-refractivity contribution >= 4 is 15.7 Å². The van der Waals surface area contributed by atoms with Crippen LogP contribution in [0.4, 0.5) is 0 Å². The maximum atomic E-state index is 11.9. The van der Waals surface area contributed by atoms with Crippen LogP contribution in [0, 0.1) is 0 Å². The van der Waals surface area contributed by atoms with Crippen LogP contribution in [-0.4, -0.2) is 64.0 Å². The van der Waals surface area contributed by atoms with Crippen molar-refractivity contribution in [2.45, 2.75) is 24.6 Å². The van der Waals surface area contributed by atoms with Gasteiger partial charge in [0.2, 0.25) is 5.91 Å². The topological polar surface area (TPSA) is 98.1 Å². The fraction of sp³-hybridized carbons (Fsp3) is 0.778. The van der Waals surface area contributed by atoms with Crippen LogP contribution in [0.15, 0.2) is 6.33 Å². The average Bonchev–Trinajstić information content (AvgIpc) is 2.81. The van der Waals surface area contributed by atoms with Gasteiger partial charge in [0, 0.05) is 19.3 Å². The number of tetrazole rings is 1. The maximum absolute atomic E-state index is 11.9. The van der Waals surface area contributed by atoms with Crippen molar-refractivity contribution in [1.29, 1.82) is 0 Å². The van der Waals surface area contributed by atoms with E-state index in [1.54, 1.807) is 4.90 Å². The maximum Gasteiger partial charge on any atom is 0.244 e. The average molecular weight is 273 g/mol. The molecule has 2 rings (SSSR count). The van der Waals surface area contributed by atoms with Crippen molar-refractivity contribution in [3.8, 4) is 0 Å². The molecule has 18 heavy (non-hydrogen) atoms. The number of likely N-dealkylation sites (tertiary alicyclic amines) is 1. The fourth-order valence-electron chi connectivity index (χ4n) is 2.02. The summed E-state index contributed by atoms with van der Waals surface area (Å²) in [4.78, 5) is 13.5. The molecular weight excluding hydrogens is 258 g/mol. The summed E-state index contributed by atoms with van der Waals surface area (Å²) >= 11 is 0. The van der Waals surface area contributed by atoms with Gasteiger partial charge in [-0.25, -0.2) is 13.1 Å². The summed E-state index contributed by atoms with van der Waals surface area (Å²) < 4.78 is 24.1. The number of aromatic nitrogens is 4. The van der Waals surface area contributed by atoms with E-state index in [0.29, 0.717) is 25.9 Å². The lowest BCUT2D eigenvalue weighted by atomic mass is 10.1. The van der Waals surface area contributed by atoms with Gasteiger partial charge in [0.25, 0.3) is 0 Å². The molecular formula is C9H15N5O3S. The molecule has 9 heteroatoms. The molecule has 1 amide bonds. The molecule has 1 saturated heterocycles. The second-order valence-corrected chi connectivity index (χ2v) is 6.74. The van der Waals surface area contributed by atoms with Crippen molar-refractivity contribution < 1.29 is 13.2 Å². The van der Waals surface area contributed by atoms with Crippen LogP contribution in [0.25, 0.3) is 0 Å². The molecule has 0 spiro atoms. The second kappa shape index (κ2) is 5.01. The third-order valence-corrected chi connectivity index (χ3v) is 4.77. The highest BCUT2D eigenvalue weighted by Crippen LogP contribution is 2.17. The molecule has 0 unspecified atom stereocenters. The number of carbonyl (C=O) groups is 1. The zero-order valence-corrected chi connectivity index (χ0v) is 10.9. The summed E-state index contributed by atoms with van der Waals surface area (Å²) in [7, 11) is -3.00. The fourth-order valence-corrected chi connectivity index (χ4v) is 3.09. The van der Waals surface area contributed by atoms with Gasteiger partial charge < -0.3 is 4.90 Å². The van der Waals surface area contributed by atoms with Crippen LogP contribution in [0.2, 0.25) is 0 Å². The van der Waals surface area contributed by atoms with Crippen LogP contribution in [0.3, 0.4) is 0 Å². The van der Waals surface area contributed by atoms with Crippen LogP contribution >= 0.6 is 0 Å². The third kappa shape index (κ3) is 3.03. The van der Waals surface area contributed by atoms with Crippen molar-refractivity contribution in [2.75, 3.05) is 19.3 Å². The molecule has 100 valence electrons. The molecule has 8 nitrogen and oxygen atoms in total. The van der Waals surface area contributed by atoms with Gasteiger partial charge in [-0.1, -0.05) is 0 Å².